The number of aromatic carboxylic acids is 1. The number of anilines is 1. The van der Waals surface area contributed by atoms with E-state index in [0.717, 1.165) is 23.5 Å². The zero-order valence-electron chi connectivity index (χ0n) is 17.6. The molecular weight excluding hydrogens is 474 g/mol. The van der Waals surface area contributed by atoms with E-state index in [0.29, 0.717) is 30.9 Å². The van der Waals surface area contributed by atoms with Crippen LogP contribution in [0.15, 0.2) is 48.5 Å². The Kier molecular flexibility index (Phi) is 6.56. The molecule has 34 heavy (non-hydrogen) atoms. The van der Waals surface area contributed by atoms with Crippen LogP contribution >= 0.6 is 11.3 Å². The van der Waals surface area contributed by atoms with Crippen molar-refractivity contribution in [2.75, 3.05) is 18.4 Å². The Morgan fingerprint density at radius 3 is 2.29 bits per heavy atom. The summed E-state index contributed by atoms with van der Waals surface area (Å²) in [4.78, 5) is 29.9. The molecule has 0 aliphatic carbocycles. The molecule has 1 fully saturated rings. The Morgan fingerprint density at radius 2 is 1.71 bits per heavy atom. The summed E-state index contributed by atoms with van der Waals surface area (Å²) in [6.07, 6.45) is -3.46. The van der Waals surface area contributed by atoms with Crippen LogP contribution in [-0.4, -0.2) is 35.0 Å². The first kappa shape index (κ1) is 23.7. The van der Waals surface area contributed by atoms with Gasteiger partial charge in [0.2, 0.25) is 0 Å². The Hall–Kier alpha value is -3.47. The quantitative estimate of drug-likeness (QED) is 0.533. The number of aromatic nitrogens is 1. The third kappa shape index (κ3) is 5.04. The molecule has 0 saturated carbocycles. The van der Waals surface area contributed by atoms with Crippen molar-refractivity contribution in [1.82, 2.24) is 9.88 Å². The minimum atomic E-state index is -4.46. The SMILES string of the molecule is O=C([O-])c1sc(C2CCN(C(=O)Nc3ccc(C(F)(F)F)cc3)CC2)nc1-c1ccccc1F. The number of nitrogens with one attached hydrogen (secondary N) is 1. The number of hydrogen-bond acceptors (Lipinski definition) is 5. The molecular formula is C23H18F4N3O3S-. The highest BCUT2D eigenvalue weighted by molar-refractivity contribution is 7.14. The van der Waals surface area contributed by atoms with E-state index in [1.54, 1.807) is 6.07 Å². The second kappa shape index (κ2) is 9.41. The number of carboxylic acids is 1. The van der Waals surface area contributed by atoms with E-state index in [1.165, 1.54) is 35.2 Å². The Balaban J connectivity index is 1.42. The molecule has 1 aliphatic rings. The molecule has 0 spiro atoms. The van der Waals surface area contributed by atoms with Crippen LogP contribution in [0, 0.1) is 5.82 Å². The largest absolute Gasteiger partial charge is 0.544 e. The predicted molar refractivity (Wildman–Crippen MR) is 116 cm³/mol. The number of carboxylic acid groups (broad SMARTS) is 1. The van der Waals surface area contributed by atoms with Gasteiger partial charge in [-0.3, -0.25) is 0 Å². The van der Waals surface area contributed by atoms with E-state index in [-0.39, 0.29) is 27.7 Å². The first-order valence-electron chi connectivity index (χ1n) is 10.3. The summed E-state index contributed by atoms with van der Waals surface area (Å²) < 4.78 is 52.3. The number of thiazole rings is 1. The molecule has 3 aromatic rings. The number of likely N-dealkylation sites (tertiary alicyclic amines) is 1. The number of carbonyl (C=O) groups excluding carboxylic acids is 2. The highest BCUT2D eigenvalue weighted by Gasteiger charge is 2.31. The number of amides is 2. The minimum absolute atomic E-state index is 0.0283. The van der Waals surface area contributed by atoms with Crippen LogP contribution in [0.5, 0.6) is 0 Å². The van der Waals surface area contributed by atoms with E-state index in [9.17, 15) is 32.3 Å². The zero-order chi connectivity index (χ0) is 24.5. The maximum atomic E-state index is 14.2. The van der Waals surface area contributed by atoms with Crippen LogP contribution in [-0.2, 0) is 6.18 Å². The van der Waals surface area contributed by atoms with Crippen molar-refractivity contribution in [1.29, 1.82) is 0 Å². The van der Waals surface area contributed by atoms with E-state index < -0.39 is 29.6 Å². The van der Waals surface area contributed by atoms with Gasteiger partial charge in [0.05, 0.1) is 27.1 Å². The summed E-state index contributed by atoms with van der Waals surface area (Å²) in [6, 6.07) is 9.48. The molecule has 4 rings (SSSR count). The van der Waals surface area contributed by atoms with Gasteiger partial charge in [-0.2, -0.15) is 13.2 Å². The van der Waals surface area contributed by atoms with Crippen LogP contribution in [0.1, 0.15) is 39.0 Å². The fraction of sp³-hybridized carbons (Fsp3) is 0.261. The third-order valence-electron chi connectivity index (χ3n) is 5.55. The summed E-state index contributed by atoms with van der Waals surface area (Å²) in [6.45, 7) is 0.679. The van der Waals surface area contributed by atoms with Gasteiger partial charge in [0.1, 0.15) is 5.82 Å². The van der Waals surface area contributed by atoms with Crippen LogP contribution in [0.2, 0.25) is 0 Å². The second-order valence-electron chi connectivity index (χ2n) is 7.76. The van der Waals surface area contributed by atoms with Crippen molar-refractivity contribution in [2.24, 2.45) is 0 Å². The number of hydrogen-bond donors (Lipinski definition) is 1. The summed E-state index contributed by atoms with van der Waals surface area (Å²) in [5.74, 6) is -2.15. The monoisotopic (exact) mass is 492 g/mol. The van der Waals surface area contributed by atoms with Gasteiger partial charge < -0.3 is 20.1 Å². The zero-order valence-corrected chi connectivity index (χ0v) is 18.4. The standard InChI is InChI=1S/C23H19F4N3O3S/c24-17-4-2-1-3-16(17)18-19(21(31)32)34-20(29-18)13-9-11-30(12-10-13)22(33)28-15-7-5-14(6-8-15)23(25,26)27/h1-8,13H,9-12H2,(H,28,33)(H,31,32)/p-1. The first-order valence-corrected chi connectivity index (χ1v) is 11.2. The first-order chi connectivity index (χ1) is 16.1. The Morgan fingerprint density at radius 1 is 1.06 bits per heavy atom. The number of halogens is 4. The van der Waals surface area contributed by atoms with Gasteiger partial charge in [0.15, 0.2) is 0 Å². The van der Waals surface area contributed by atoms with Gasteiger partial charge in [0.25, 0.3) is 0 Å². The lowest BCUT2D eigenvalue weighted by Gasteiger charge is -2.31. The van der Waals surface area contributed by atoms with Gasteiger partial charge >= 0.3 is 12.2 Å². The molecule has 11 heteroatoms. The molecule has 0 bridgehead atoms. The number of piperidine rings is 1. The van der Waals surface area contributed by atoms with E-state index in [1.807, 2.05) is 0 Å². The topological polar surface area (TPSA) is 85.4 Å². The van der Waals surface area contributed by atoms with Crippen molar-refractivity contribution in [3.05, 3.63) is 69.8 Å². The molecule has 2 heterocycles. The number of nitrogens with zero attached hydrogens (tertiary/aromatic N) is 2. The van der Waals surface area contributed by atoms with Crippen LogP contribution in [0.25, 0.3) is 11.3 Å². The molecule has 1 aliphatic heterocycles. The number of rotatable bonds is 4. The Bertz CT molecular complexity index is 1200. The van der Waals surface area contributed by atoms with Crippen molar-refractivity contribution in [3.8, 4) is 11.3 Å². The van der Waals surface area contributed by atoms with Crippen LogP contribution in [0.4, 0.5) is 28.0 Å². The fourth-order valence-corrected chi connectivity index (χ4v) is 4.84. The van der Waals surface area contributed by atoms with Gasteiger partial charge in [0, 0.05) is 30.3 Å². The number of alkyl halides is 3. The highest BCUT2D eigenvalue weighted by atomic mass is 32.1. The molecule has 0 radical (unpaired) electrons. The fourth-order valence-electron chi connectivity index (χ4n) is 3.76. The van der Waals surface area contributed by atoms with E-state index in [4.69, 9.17) is 0 Å². The predicted octanol–water partition coefficient (Wildman–Crippen LogP) is 4.74. The highest BCUT2D eigenvalue weighted by Crippen LogP contribution is 2.37. The summed E-state index contributed by atoms with van der Waals surface area (Å²) in [5.41, 5.74) is -0.452. The molecule has 0 atom stereocenters. The molecule has 1 N–H and O–H groups in total. The van der Waals surface area contributed by atoms with Gasteiger partial charge in [-0.1, -0.05) is 12.1 Å². The maximum Gasteiger partial charge on any atom is 0.416 e. The average molecular weight is 492 g/mol. The smallest absolute Gasteiger partial charge is 0.416 e. The molecule has 1 saturated heterocycles. The summed E-state index contributed by atoms with van der Waals surface area (Å²) in [7, 11) is 0. The van der Waals surface area contributed by atoms with Gasteiger partial charge in [-0.25, -0.2) is 14.2 Å². The number of urea groups is 1. The number of carbonyl (C=O) groups is 2. The minimum Gasteiger partial charge on any atom is -0.544 e. The van der Waals surface area contributed by atoms with Crippen LogP contribution < -0.4 is 10.4 Å². The van der Waals surface area contributed by atoms with Crippen molar-refractivity contribution >= 4 is 29.0 Å². The molecule has 178 valence electrons. The molecule has 1 aromatic heterocycles. The second-order valence-corrected chi connectivity index (χ2v) is 8.79. The van der Waals surface area contributed by atoms with E-state index in [2.05, 4.69) is 10.3 Å². The summed E-state index contributed by atoms with van der Waals surface area (Å²) in [5, 5.41) is 14.7. The summed E-state index contributed by atoms with van der Waals surface area (Å²) >= 11 is 0.942. The normalized spacial score (nSPS) is 14.8. The van der Waals surface area contributed by atoms with Crippen molar-refractivity contribution in [3.63, 3.8) is 0 Å². The molecule has 0 unspecified atom stereocenters. The average Bonchev–Trinajstić information content (AvgIpc) is 3.25. The van der Waals surface area contributed by atoms with Crippen molar-refractivity contribution < 1.29 is 32.3 Å². The molecule has 6 nitrogen and oxygen atoms in total. The lowest BCUT2D eigenvalue weighted by atomic mass is 9.97. The lowest BCUT2D eigenvalue weighted by Crippen LogP contribution is -2.40. The maximum absolute atomic E-state index is 14.2. The number of benzene rings is 2. The Labute approximate surface area is 195 Å². The molecule has 2 aromatic carbocycles. The lowest BCUT2D eigenvalue weighted by molar-refractivity contribution is -0.254. The van der Waals surface area contributed by atoms with Gasteiger partial charge in [-0.15, -0.1) is 11.3 Å². The van der Waals surface area contributed by atoms with Gasteiger partial charge in [-0.05, 0) is 49.2 Å². The van der Waals surface area contributed by atoms with Crippen molar-refractivity contribution in [2.45, 2.75) is 24.9 Å². The third-order valence-corrected chi connectivity index (χ3v) is 6.75. The van der Waals surface area contributed by atoms with E-state index >= 15 is 0 Å². The van der Waals surface area contributed by atoms with Crippen LogP contribution in [0.3, 0.4) is 0 Å². The molecule has 2 amide bonds.